The average Bonchev–Trinajstić information content (AvgIpc) is 2.58. The van der Waals surface area contributed by atoms with E-state index >= 15 is 0 Å². The van der Waals surface area contributed by atoms with E-state index in [4.69, 9.17) is 4.42 Å². The monoisotopic (exact) mass is 183 g/mol. The van der Waals surface area contributed by atoms with Crippen molar-refractivity contribution in [3.8, 4) is 0 Å². The maximum Gasteiger partial charge on any atom is 0.0950 e. The summed E-state index contributed by atoms with van der Waals surface area (Å²) < 4.78 is 5.05. The molecule has 1 aromatic heterocycles. The molecule has 1 aromatic rings. The zero-order valence-corrected chi connectivity index (χ0v) is 7.93. The van der Waals surface area contributed by atoms with Crippen LogP contribution in [0.15, 0.2) is 23.0 Å². The third kappa shape index (κ3) is 1.67. The van der Waals surface area contributed by atoms with E-state index in [1.807, 2.05) is 24.1 Å². The van der Waals surface area contributed by atoms with Crippen LogP contribution in [0.5, 0.6) is 0 Å². The van der Waals surface area contributed by atoms with Gasteiger partial charge in [-0.1, -0.05) is 6.92 Å². The molecule has 2 unspecified atom stereocenters. The highest BCUT2D eigenvalue weighted by Crippen LogP contribution is 2.25. The lowest BCUT2D eigenvalue weighted by Gasteiger charge is -2.26. The molecule has 2 heterocycles. The summed E-state index contributed by atoms with van der Waals surface area (Å²) in [4.78, 5) is 0. The summed E-state index contributed by atoms with van der Waals surface area (Å²) in [6, 6.07) is 2.53. The van der Waals surface area contributed by atoms with Gasteiger partial charge in [0.25, 0.3) is 0 Å². The van der Waals surface area contributed by atoms with Crippen molar-refractivity contribution < 1.29 is 4.42 Å². The van der Waals surface area contributed by atoms with Gasteiger partial charge in [0.05, 0.1) is 12.5 Å². The maximum atomic E-state index is 5.05. The Morgan fingerprint density at radius 2 is 2.58 bits per heavy atom. The molecule has 0 aliphatic carbocycles. The number of hydrogen-bond acceptors (Lipinski definition) is 3. The molecular formula is C9H13NOS. The molecular weight excluding hydrogens is 170 g/mol. The molecule has 0 saturated carbocycles. The number of nitrogens with one attached hydrogen (secondary N) is 1. The van der Waals surface area contributed by atoms with Gasteiger partial charge in [-0.2, -0.15) is 11.8 Å². The molecule has 2 nitrogen and oxygen atoms in total. The van der Waals surface area contributed by atoms with E-state index in [1.165, 1.54) is 5.56 Å². The maximum absolute atomic E-state index is 5.05. The number of hydrogen-bond donors (Lipinski definition) is 1. The standard InChI is InChI=1S/C9H13NOS/c1-7-4-10-9(6-12-7)8-2-3-11-5-8/h2-3,5,7,9-10H,4,6H2,1H3. The lowest BCUT2D eigenvalue weighted by Crippen LogP contribution is -2.34. The quantitative estimate of drug-likeness (QED) is 0.721. The van der Waals surface area contributed by atoms with Crippen molar-refractivity contribution in [2.75, 3.05) is 12.3 Å². The van der Waals surface area contributed by atoms with E-state index in [-0.39, 0.29) is 0 Å². The van der Waals surface area contributed by atoms with Gasteiger partial charge in [0, 0.05) is 29.2 Å². The van der Waals surface area contributed by atoms with Crippen LogP contribution in [0.25, 0.3) is 0 Å². The molecule has 1 aliphatic rings. The predicted octanol–water partition coefficient (Wildman–Crippen LogP) is 2.05. The minimum absolute atomic E-state index is 0.491. The molecule has 1 fully saturated rings. The fraction of sp³-hybridized carbons (Fsp3) is 0.556. The topological polar surface area (TPSA) is 25.2 Å². The van der Waals surface area contributed by atoms with Crippen molar-refractivity contribution in [1.29, 1.82) is 0 Å². The van der Waals surface area contributed by atoms with Crippen LogP contribution in [-0.4, -0.2) is 17.5 Å². The minimum Gasteiger partial charge on any atom is -0.472 e. The van der Waals surface area contributed by atoms with Gasteiger partial charge in [-0.3, -0.25) is 0 Å². The lowest BCUT2D eigenvalue weighted by molar-refractivity contribution is 0.534. The van der Waals surface area contributed by atoms with Gasteiger partial charge in [0.1, 0.15) is 0 Å². The lowest BCUT2D eigenvalue weighted by atomic mass is 10.2. The summed E-state index contributed by atoms with van der Waals surface area (Å²) in [6.45, 7) is 3.35. The highest BCUT2D eigenvalue weighted by Gasteiger charge is 2.19. The first-order chi connectivity index (χ1) is 5.86. The van der Waals surface area contributed by atoms with Crippen molar-refractivity contribution >= 4 is 11.8 Å². The van der Waals surface area contributed by atoms with E-state index in [9.17, 15) is 0 Å². The Kier molecular flexibility index (Phi) is 2.42. The van der Waals surface area contributed by atoms with E-state index in [0.717, 1.165) is 17.5 Å². The molecule has 0 radical (unpaired) electrons. The Morgan fingerprint density at radius 1 is 1.67 bits per heavy atom. The SMILES string of the molecule is CC1CNC(c2ccoc2)CS1. The van der Waals surface area contributed by atoms with Crippen LogP contribution in [0.4, 0.5) is 0 Å². The normalized spacial score (nSPS) is 30.4. The number of furan rings is 1. The molecule has 0 bridgehead atoms. The molecule has 66 valence electrons. The van der Waals surface area contributed by atoms with Gasteiger partial charge in [-0.05, 0) is 6.07 Å². The van der Waals surface area contributed by atoms with Gasteiger partial charge in [0.15, 0.2) is 0 Å². The molecule has 12 heavy (non-hydrogen) atoms. The molecule has 0 amide bonds. The Hall–Kier alpha value is -0.410. The summed E-state index contributed by atoms with van der Waals surface area (Å²) in [5, 5.41) is 4.23. The summed E-state index contributed by atoms with van der Waals surface area (Å²) >= 11 is 2.02. The van der Waals surface area contributed by atoms with Crippen molar-refractivity contribution in [3.05, 3.63) is 24.2 Å². The highest BCUT2D eigenvalue weighted by molar-refractivity contribution is 8.00. The highest BCUT2D eigenvalue weighted by atomic mass is 32.2. The van der Waals surface area contributed by atoms with E-state index in [2.05, 4.69) is 12.2 Å². The van der Waals surface area contributed by atoms with Crippen LogP contribution < -0.4 is 5.32 Å². The molecule has 0 aromatic carbocycles. The molecule has 2 atom stereocenters. The largest absolute Gasteiger partial charge is 0.472 e. The average molecular weight is 183 g/mol. The third-order valence-electron chi connectivity index (χ3n) is 2.14. The van der Waals surface area contributed by atoms with Gasteiger partial charge in [-0.25, -0.2) is 0 Å². The first-order valence-electron chi connectivity index (χ1n) is 4.23. The Labute approximate surface area is 76.7 Å². The third-order valence-corrected chi connectivity index (χ3v) is 3.41. The number of thioether (sulfide) groups is 1. The smallest absolute Gasteiger partial charge is 0.0950 e. The number of rotatable bonds is 1. The Balaban J connectivity index is 1.99. The minimum atomic E-state index is 0.491. The zero-order valence-electron chi connectivity index (χ0n) is 7.12. The molecule has 2 rings (SSSR count). The first-order valence-corrected chi connectivity index (χ1v) is 5.28. The fourth-order valence-corrected chi connectivity index (χ4v) is 2.42. The molecule has 1 N–H and O–H groups in total. The van der Waals surface area contributed by atoms with Crippen molar-refractivity contribution in [1.82, 2.24) is 5.32 Å². The van der Waals surface area contributed by atoms with Gasteiger partial charge < -0.3 is 9.73 Å². The Bertz CT molecular complexity index is 227. The van der Waals surface area contributed by atoms with Crippen molar-refractivity contribution in [3.63, 3.8) is 0 Å². The molecule has 1 aliphatic heterocycles. The predicted molar refractivity (Wildman–Crippen MR) is 51.4 cm³/mol. The summed E-state index contributed by atoms with van der Waals surface area (Å²) in [7, 11) is 0. The zero-order chi connectivity index (χ0) is 8.39. The molecule has 0 spiro atoms. The van der Waals surface area contributed by atoms with Gasteiger partial charge in [-0.15, -0.1) is 0 Å². The van der Waals surface area contributed by atoms with Gasteiger partial charge in [0.2, 0.25) is 0 Å². The van der Waals surface area contributed by atoms with Crippen molar-refractivity contribution in [2.45, 2.75) is 18.2 Å². The second kappa shape index (κ2) is 3.54. The van der Waals surface area contributed by atoms with Crippen LogP contribution in [0.2, 0.25) is 0 Å². The Morgan fingerprint density at radius 3 is 3.17 bits per heavy atom. The van der Waals surface area contributed by atoms with Crippen LogP contribution in [0.3, 0.4) is 0 Å². The van der Waals surface area contributed by atoms with E-state index in [0.29, 0.717) is 6.04 Å². The van der Waals surface area contributed by atoms with Crippen molar-refractivity contribution in [2.24, 2.45) is 0 Å². The van der Waals surface area contributed by atoms with E-state index in [1.54, 1.807) is 6.26 Å². The van der Waals surface area contributed by atoms with E-state index < -0.39 is 0 Å². The van der Waals surface area contributed by atoms with Crippen LogP contribution in [-0.2, 0) is 0 Å². The fourth-order valence-electron chi connectivity index (χ4n) is 1.37. The second-order valence-corrected chi connectivity index (χ2v) is 4.63. The second-order valence-electron chi connectivity index (χ2n) is 3.16. The summed E-state index contributed by atoms with van der Waals surface area (Å²) in [5.41, 5.74) is 1.27. The molecule has 3 heteroatoms. The first kappa shape index (κ1) is 8.20. The summed E-state index contributed by atoms with van der Waals surface area (Å²) in [6.07, 6.45) is 3.56. The molecule has 1 saturated heterocycles. The van der Waals surface area contributed by atoms with Gasteiger partial charge >= 0.3 is 0 Å². The summed E-state index contributed by atoms with van der Waals surface area (Å²) in [5.74, 6) is 1.15. The van der Waals surface area contributed by atoms with Crippen LogP contribution in [0, 0.1) is 0 Å². The van der Waals surface area contributed by atoms with Crippen LogP contribution >= 0.6 is 11.8 Å². The van der Waals surface area contributed by atoms with Crippen LogP contribution in [0.1, 0.15) is 18.5 Å².